The molecule has 50 heavy (non-hydrogen) atoms. The van der Waals surface area contributed by atoms with Crippen LogP contribution in [0.5, 0.6) is 0 Å². The molecule has 0 atom stereocenters. The van der Waals surface area contributed by atoms with Gasteiger partial charge >= 0.3 is 30.8 Å². The van der Waals surface area contributed by atoms with Gasteiger partial charge in [0.2, 0.25) is 0 Å². The Kier molecular flexibility index (Phi) is 13.5. The van der Waals surface area contributed by atoms with Crippen LogP contribution in [0.1, 0.15) is 32.1 Å². The molecule has 0 bridgehead atoms. The first-order valence-corrected chi connectivity index (χ1v) is 14.3. The van der Waals surface area contributed by atoms with Crippen LogP contribution in [0.25, 0.3) is 11.4 Å². The third-order valence-corrected chi connectivity index (χ3v) is 6.76. The molecule has 0 saturated heterocycles. The van der Waals surface area contributed by atoms with Crippen molar-refractivity contribution in [3.63, 3.8) is 0 Å². The van der Waals surface area contributed by atoms with Gasteiger partial charge in [0, 0.05) is 17.4 Å². The number of benzene rings is 4. The van der Waals surface area contributed by atoms with Gasteiger partial charge in [-0.15, -0.1) is 11.4 Å². The van der Waals surface area contributed by atoms with Gasteiger partial charge in [0.15, 0.2) is 0 Å². The topological polar surface area (TPSA) is 194 Å². The largest absolute Gasteiger partial charge is 1.00 e. The number of para-hydroxylation sites is 2. The zero-order valence-electron chi connectivity index (χ0n) is 26.9. The van der Waals surface area contributed by atoms with Crippen molar-refractivity contribution in [1.82, 2.24) is 19.6 Å². The second-order valence-corrected chi connectivity index (χ2v) is 10.0. The van der Waals surface area contributed by atoms with Crippen molar-refractivity contribution in [3.8, 4) is 11.4 Å². The first-order valence-electron chi connectivity index (χ1n) is 14.3. The normalized spacial score (nSPS) is 10.6. The zero-order chi connectivity index (χ0) is 34.2. The van der Waals surface area contributed by atoms with Crippen LogP contribution in [0.2, 0.25) is 0 Å². The number of nitrogens with zero attached hydrogens (tertiary/aromatic N) is 8. The molecule has 0 saturated carbocycles. The molecule has 0 unspecified atom stereocenters. The molecule has 0 radical (unpaired) electrons. The molecule has 4 aromatic carbocycles. The van der Waals surface area contributed by atoms with Gasteiger partial charge in [0.05, 0.1) is 33.9 Å². The Labute approximate surface area is 307 Å². The van der Waals surface area contributed by atoms with Crippen LogP contribution in [-0.2, 0) is 17.4 Å². The van der Waals surface area contributed by atoms with Gasteiger partial charge < -0.3 is 30.0 Å². The van der Waals surface area contributed by atoms with E-state index in [1.807, 2.05) is 12.1 Å². The fraction of sp³-hybridized carbons (Fsp3) is 0.0588. The fourth-order valence-electron chi connectivity index (χ4n) is 4.41. The predicted octanol–water partition coefficient (Wildman–Crippen LogP) is 3.75. The smallest absolute Gasteiger partial charge is 0.478 e. The van der Waals surface area contributed by atoms with Crippen LogP contribution in [0, 0.1) is 13.8 Å². The Hall–Kier alpha value is -5.83. The first-order chi connectivity index (χ1) is 23.2. The Bertz CT molecular complexity index is 2120. The summed E-state index contributed by atoms with van der Waals surface area (Å²) in [4.78, 5) is 47.3. The molecule has 14 nitrogen and oxygen atoms in total. The minimum atomic E-state index is -1.11. The molecule has 2 heterocycles. The number of carboxylic acids is 2. The summed E-state index contributed by atoms with van der Waals surface area (Å²) in [6, 6.07) is 30.3. The van der Waals surface area contributed by atoms with E-state index in [1.165, 1.54) is 33.6 Å². The molecule has 0 spiro atoms. The number of carboxylic acid groups (broad SMARTS) is 2. The molecule has 0 fully saturated rings. The monoisotopic (exact) mass is 701 g/mol. The van der Waals surface area contributed by atoms with Crippen LogP contribution < -0.4 is 30.0 Å². The number of carbonyl (C=O) groups is 2. The Morgan fingerprint density at radius 3 is 1.24 bits per heavy atom. The van der Waals surface area contributed by atoms with Crippen molar-refractivity contribution in [3.05, 3.63) is 152 Å². The van der Waals surface area contributed by atoms with Crippen molar-refractivity contribution < 1.29 is 56.0 Å². The number of aryl methyl sites for hydroxylation is 2. The maximum absolute atomic E-state index is 12.5. The van der Waals surface area contributed by atoms with Crippen molar-refractivity contribution in [2.45, 2.75) is 13.8 Å². The molecule has 0 amide bonds. The summed E-state index contributed by atoms with van der Waals surface area (Å²) in [6.45, 7) is 3.30. The van der Waals surface area contributed by atoms with Crippen LogP contribution in [0.3, 0.4) is 0 Å². The summed E-state index contributed by atoms with van der Waals surface area (Å²) >= 11 is 0. The Balaban J connectivity index is 0.000000260. The van der Waals surface area contributed by atoms with Crippen molar-refractivity contribution >= 4 is 34.7 Å². The van der Waals surface area contributed by atoms with E-state index in [0.717, 1.165) is 0 Å². The van der Waals surface area contributed by atoms with E-state index in [9.17, 15) is 19.2 Å². The number of aromatic carboxylic acids is 2. The second-order valence-electron chi connectivity index (χ2n) is 10.0. The maximum atomic E-state index is 12.5. The summed E-state index contributed by atoms with van der Waals surface area (Å²) in [6.07, 6.45) is 0. The molecular weight excluding hydrogens is 675 g/mol. The van der Waals surface area contributed by atoms with Gasteiger partial charge in [-0.1, -0.05) is 85.9 Å². The molecule has 2 aromatic heterocycles. The molecule has 0 aliphatic carbocycles. The number of rotatable bonds is 8. The SMILES string of the molecule is Cc1nn(-c2ccccc2)c(=O)[c-]1N=Nc1ccccc1C(=O)O.Cc1nn(-c2ccccc2)c(=O)[c-]1N=Nc1ccccc1C(=O)O.[Cr].[Li+]. The quantitative estimate of drug-likeness (QED) is 0.136. The molecule has 2 N–H and O–H groups in total. The molecule has 0 aliphatic heterocycles. The van der Waals surface area contributed by atoms with Crippen LogP contribution in [0.15, 0.2) is 139 Å². The number of hydrogen-bond acceptors (Lipinski definition) is 10. The van der Waals surface area contributed by atoms with Crippen LogP contribution in [-0.4, -0.2) is 41.7 Å². The van der Waals surface area contributed by atoms with E-state index in [-0.39, 0.29) is 70.1 Å². The molecule has 246 valence electrons. The van der Waals surface area contributed by atoms with E-state index in [0.29, 0.717) is 22.8 Å². The van der Waals surface area contributed by atoms with E-state index in [1.54, 1.807) is 86.6 Å². The summed E-state index contributed by atoms with van der Waals surface area (Å²) in [5.74, 6) is -2.22. The molecule has 16 heteroatoms. The van der Waals surface area contributed by atoms with Crippen molar-refractivity contribution in [2.24, 2.45) is 20.5 Å². The van der Waals surface area contributed by atoms with Gasteiger partial charge in [-0.2, -0.15) is 10.2 Å². The minimum Gasteiger partial charge on any atom is -0.478 e. The number of azo groups is 2. The maximum Gasteiger partial charge on any atom is 1.00 e. The standard InChI is InChI=1S/2C17H13N4O3.Cr.Li/c2*1-11-15(16(22)21(20-11)12-7-3-2-4-8-12)19-18-14-10-6-5-9-13(14)17(23)24;;/h2*2-10H,1H3,(H,23,24);;/q2*-1;;+1. The zero-order valence-corrected chi connectivity index (χ0v) is 28.2. The molecule has 6 rings (SSSR count). The van der Waals surface area contributed by atoms with Gasteiger partial charge in [-0.3, -0.25) is 0 Å². The van der Waals surface area contributed by atoms with Gasteiger partial charge in [0.25, 0.3) is 0 Å². The van der Waals surface area contributed by atoms with E-state index < -0.39 is 23.1 Å². The summed E-state index contributed by atoms with van der Waals surface area (Å²) < 4.78 is 2.49. The van der Waals surface area contributed by atoms with Crippen molar-refractivity contribution in [1.29, 1.82) is 0 Å². The van der Waals surface area contributed by atoms with Gasteiger partial charge in [-0.05, 0) is 48.5 Å². The van der Waals surface area contributed by atoms with Crippen molar-refractivity contribution in [2.75, 3.05) is 0 Å². The van der Waals surface area contributed by atoms with Crippen LogP contribution in [0.4, 0.5) is 22.7 Å². The van der Waals surface area contributed by atoms with Crippen LogP contribution >= 0.6 is 0 Å². The minimum absolute atomic E-state index is 0. The predicted molar refractivity (Wildman–Crippen MR) is 175 cm³/mol. The third-order valence-electron chi connectivity index (χ3n) is 6.76. The summed E-state index contributed by atoms with van der Waals surface area (Å²) in [5, 5.41) is 42.4. The molecule has 0 aliphatic rings. The van der Waals surface area contributed by atoms with E-state index in [4.69, 9.17) is 10.2 Å². The Morgan fingerprint density at radius 2 is 0.900 bits per heavy atom. The number of aromatic nitrogens is 4. The Morgan fingerprint density at radius 1 is 0.580 bits per heavy atom. The number of hydrogen-bond donors (Lipinski definition) is 2. The summed E-state index contributed by atoms with van der Waals surface area (Å²) in [7, 11) is 0. The van der Waals surface area contributed by atoms with Gasteiger partial charge in [0.1, 0.15) is 11.1 Å². The van der Waals surface area contributed by atoms with E-state index in [2.05, 4.69) is 30.7 Å². The average molecular weight is 702 g/mol. The molecular formula is C34H26CrLiN8O6-. The average Bonchev–Trinajstić information content (AvgIpc) is 3.55. The first kappa shape index (κ1) is 38.6. The van der Waals surface area contributed by atoms with E-state index >= 15 is 0 Å². The second kappa shape index (κ2) is 17.5. The summed E-state index contributed by atoms with van der Waals surface area (Å²) in [5.41, 5.74) is 1.82. The third kappa shape index (κ3) is 8.79. The van der Waals surface area contributed by atoms with Gasteiger partial charge in [-0.25, -0.2) is 29.2 Å². The fourth-order valence-corrected chi connectivity index (χ4v) is 4.41. The molecule has 6 aromatic rings.